The summed E-state index contributed by atoms with van der Waals surface area (Å²) in [6, 6.07) is 3.71. The van der Waals surface area contributed by atoms with E-state index in [2.05, 4.69) is 22.6 Å². The van der Waals surface area contributed by atoms with E-state index in [1.165, 1.54) is 23.0 Å². The van der Waals surface area contributed by atoms with E-state index >= 15 is 0 Å². The predicted octanol–water partition coefficient (Wildman–Crippen LogP) is 2.82. The SMILES string of the molecule is Cn1cc(Nc2ccc(C(N)=S)c(C(F)(F)F)c2)cn1. The summed E-state index contributed by atoms with van der Waals surface area (Å²) in [4.78, 5) is -0.287. The molecule has 2 aromatic rings. The van der Waals surface area contributed by atoms with Crippen LogP contribution in [0.1, 0.15) is 11.1 Å². The number of anilines is 2. The molecule has 0 bridgehead atoms. The summed E-state index contributed by atoms with van der Waals surface area (Å²) in [6.07, 6.45) is -1.37. The molecular weight excluding hydrogens is 289 g/mol. The highest BCUT2D eigenvalue weighted by molar-refractivity contribution is 7.80. The summed E-state index contributed by atoms with van der Waals surface area (Å²) < 4.78 is 40.5. The van der Waals surface area contributed by atoms with Gasteiger partial charge in [0.25, 0.3) is 0 Å². The number of nitrogens with zero attached hydrogens (tertiary/aromatic N) is 2. The maximum Gasteiger partial charge on any atom is 0.417 e. The minimum atomic E-state index is -4.52. The van der Waals surface area contributed by atoms with Gasteiger partial charge in [0.05, 0.1) is 17.4 Å². The zero-order valence-corrected chi connectivity index (χ0v) is 11.2. The lowest BCUT2D eigenvalue weighted by molar-refractivity contribution is -0.137. The highest BCUT2D eigenvalue weighted by Gasteiger charge is 2.34. The van der Waals surface area contributed by atoms with E-state index in [-0.39, 0.29) is 16.2 Å². The van der Waals surface area contributed by atoms with Gasteiger partial charge in [-0.1, -0.05) is 12.2 Å². The molecule has 1 aromatic carbocycles. The Labute approximate surface area is 118 Å². The van der Waals surface area contributed by atoms with Gasteiger partial charge in [-0.15, -0.1) is 0 Å². The number of benzene rings is 1. The lowest BCUT2D eigenvalue weighted by Gasteiger charge is -2.14. The average Bonchev–Trinajstić information content (AvgIpc) is 2.73. The summed E-state index contributed by atoms with van der Waals surface area (Å²) in [5.41, 5.74) is 5.13. The number of hydrogen-bond acceptors (Lipinski definition) is 3. The quantitative estimate of drug-likeness (QED) is 0.856. The third-order valence-electron chi connectivity index (χ3n) is 2.58. The van der Waals surface area contributed by atoms with Gasteiger partial charge in [-0.05, 0) is 18.2 Å². The number of nitrogens with two attached hydrogens (primary N) is 1. The van der Waals surface area contributed by atoms with Crippen molar-refractivity contribution >= 4 is 28.6 Å². The molecule has 20 heavy (non-hydrogen) atoms. The minimum Gasteiger partial charge on any atom is -0.389 e. The van der Waals surface area contributed by atoms with Crippen molar-refractivity contribution < 1.29 is 13.2 Å². The molecule has 0 aliphatic carbocycles. The Balaban J connectivity index is 2.39. The Kier molecular flexibility index (Phi) is 3.67. The third kappa shape index (κ3) is 3.08. The maximum atomic E-state index is 13.0. The fourth-order valence-electron chi connectivity index (χ4n) is 1.72. The van der Waals surface area contributed by atoms with Crippen molar-refractivity contribution in [3.8, 4) is 0 Å². The van der Waals surface area contributed by atoms with Crippen molar-refractivity contribution in [1.29, 1.82) is 0 Å². The third-order valence-corrected chi connectivity index (χ3v) is 2.80. The molecule has 1 aromatic heterocycles. The molecular formula is C12H11F3N4S. The van der Waals surface area contributed by atoms with Gasteiger partial charge >= 0.3 is 6.18 Å². The number of aryl methyl sites for hydroxylation is 1. The first-order chi connectivity index (χ1) is 9.27. The van der Waals surface area contributed by atoms with E-state index in [0.717, 1.165) is 6.07 Å². The minimum absolute atomic E-state index is 0.191. The molecule has 0 spiro atoms. The highest BCUT2D eigenvalue weighted by Crippen LogP contribution is 2.34. The molecule has 3 N–H and O–H groups in total. The Morgan fingerprint density at radius 1 is 1.35 bits per heavy atom. The van der Waals surface area contributed by atoms with Crippen LogP contribution in [0.2, 0.25) is 0 Å². The number of aromatic nitrogens is 2. The molecule has 8 heteroatoms. The summed E-state index contributed by atoms with van der Waals surface area (Å²) in [5.74, 6) is 0. The van der Waals surface area contributed by atoms with Gasteiger partial charge in [0.15, 0.2) is 0 Å². The predicted molar refractivity (Wildman–Crippen MR) is 73.8 cm³/mol. The largest absolute Gasteiger partial charge is 0.417 e. The number of hydrogen-bond donors (Lipinski definition) is 2. The highest BCUT2D eigenvalue weighted by atomic mass is 32.1. The standard InChI is InChI=1S/C12H11F3N4S/c1-19-6-8(5-17-19)18-7-2-3-9(11(16)20)10(4-7)12(13,14)15/h2-6,18H,1H3,(H2,16,20). The van der Waals surface area contributed by atoms with E-state index in [1.807, 2.05) is 0 Å². The monoisotopic (exact) mass is 300 g/mol. The number of nitrogens with one attached hydrogen (secondary N) is 1. The molecule has 106 valence electrons. The van der Waals surface area contributed by atoms with Gasteiger partial charge < -0.3 is 11.1 Å². The lowest BCUT2D eigenvalue weighted by Crippen LogP contribution is -2.18. The second kappa shape index (κ2) is 5.12. The van der Waals surface area contributed by atoms with Crippen molar-refractivity contribution in [3.63, 3.8) is 0 Å². The first-order valence-corrected chi connectivity index (χ1v) is 5.95. The second-order valence-corrected chi connectivity index (χ2v) is 4.59. The zero-order valence-electron chi connectivity index (χ0n) is 10.4. The number of rotatable bonds is 3. The first kappa shape index (κ1) is 14.3. The van der Waals surface area contributed by atoms with Gasteiger partial charge in [-0.2, -0.15) is 18.3 Å². The number of alkyl halides is 3. The smallest absolute Gasteiger partial charge is 0.389 e. The normalized spacial score (nSPS) is 11.4. The fraction of sp³-hybridized carbons (Fsp3) is 0.167. The molecule has 0 radical (unpaired) electrons. The second-order valence-electron chi connectivity index (χ2n) is 4.15. The van der Waals surface area contributed by atoms with E-state index in [9.17, 15) is 13.2 Å². The van der Waals surface area contributed by atoms with Gasteiger partial charge in [-0.25, -0.2) is 0 Å². The summed E-state index contributed by atoms with van der Waals surface area (Å²) >= 11 is 4.64. The number of halogens is 3. The zero-order chi connectivity index (χ0) is 14.9. The maximum absolute atomic E-state index is 13.0. The van der Waals surface area contributed by atoms with E-state index < -0.39 is 11.7 Å². The molecule has 2 rings (SSSR count). The van der Waals surface area contributed by atoms with Crippen molar-refractivity contribution in [2.75, 3.05) is 5.32 Å². The fourth-order valence-corrected chi connectivity index (χ4v) is 1.90. The molecule has 1 heterocycles. The van der Waals surface area contributed by atoms with Crippen LogP contribution in [0, 0.1) is 0 Å². The van der Waals surface area contributed by atoms with Crippen LogP contribution >= 0.6 is 12.2 Å². The van der Waals surface area contributed by atoms with Crippen LogP contribution in [0.3, 0.4) is 0 Å². The van der Waals surface area contributed by atoms with Crippen LogP contribution in [-0.2, 0) is 13.2 Å². The van der Waals surface area contributed by atoms with Crippen LogP contribution in [0.15, 0.2) is 30.6 Å². The van der Waals surface area contributed by atoms with E-state index in [1.54, 1.807) is 13.2 Å². The Bertz CT molecular complexity index is 648. The summed E-state index contributed by atoms with van der Waals surface area (Å²) in [6.45, 7) is 0. The molecule has 0 unspecified atom stereocenters. The van der Waals surface area contributed by atoms with Crippen molar-refractivity contribution in [2.45, 2.75) is 6.18 Å². The Morgan fingerprint density at radius 3 is 2.55 bits per heavy atom. The van der Waals surface area contributed by atoms with Gasteiger partial charge in [-0.3, -0.25) is 4.68 Å². The molecule has 0 saturated heterocycles. The van der Waals surface area contributed by atoms with Gasteiger partial charge in [0.1, 0.15) is 4.99 Å². The Morgan fingerprint density at radius 2 is 2.05 bits per heavy atom. The molecule has 0 aliphatic heterocycles. The van der Waals surface area contributed by atoms with Crippen molar-refractivity contribution in [2.24, 2.45) is 12.8 Å². The van der Waals surface area contributed by atoms with Crippen LogP contribution in [0.4, 0.5) is 24.5 Å². The van der Waals surface area contributed by atoms with Crippen molar-refractivity contribution in [3.05, 3.63) is 41.7 Å². The molecule has 0 aliphatic rings. The van der Waals surface area contributed by atoms with Crippen molar-refractivity contribution in [1.82, 2.24) is 9.78 Å². The van der Waals surface area contributed by atoms with E-state index in [0.29, 0.717) is 5.69 Å². The van der Waals surface area contributed by atoms with Crippen LogP contribution in [-0.4, -0.2) is 14.8 Å². The van der Waals surface area contributed by atoms with Gasteiger partial charge in [0, 0.05) is 24.5 Å². The topological polar surface area (TPSA) is 55.9 Å². The van der Waals surface area contributed by atoms with Crippen LogP contribution in [0.5, 0.6) is 0 Å². The number of thiocarbonyl (C=S) groups is 1. The van der Waals surface area contributed by atoms with Crippen LogP contribution in [0.25, 0.3) is 0 Å². The molecule has 0 fully saturated rings. The average molecular weight is 300 g/mol. The molecule has 0 saturated carbocycles. The Hall–Kier alpha value is -2.09. The van der Waals surface area contributed by atoms with E-state index in [4.69, 9.17) is 5.73 Å². The summed E-state index contributed by atoms with van der Waals surface area (Å²) in [5, 5.41) is 6.76. The summed E-state index contributed by atoms with van der Waals surface area (Å²) in [7, 11) is 1.71. The molecule has 0 atom stereocenters. The van der Waals surface area contributed by atoms with Crippen LogP contribution < -0.4 is 11.1 Å². The molecule has 0 amide bonds. The molecule has 4 nitrogen and oxygen atoms in total. The lowest BCUT2D eigenvalue weighted by atomic mass is 10.1. The first-order valence-electron chi connectivity index (χ1n) is 5.54. The van der Waals surface area contributed by atoms with Gasteiger partial charge in [0.2, 0.25) is 0 Å².